The van der Waals surface area contributed by atoms with Crippen LogP contribution in [-0.2, 0) is 0 Å². The van der Waals surface area contributed by atoms with E-state index in [1.165, 1.54) is 0 Å². The maximum Gasteiger partial charge on any atom is 0.0393 e. The van der Waals surface area contributed by atoms with Gasteiger partial charge in [-0.05, 0) is 31.4 Å². The monoisotopic (exact) mass is 212 g/mol. The van der Waals surface area contributed by atoms with Crippen LogP contribution in [0.5, 0.6) is 0 Å². The van der Waals surface area contributed by atoms with Crippen LogP contribution in [0.25, 0.3) is 0 Å². The molecule has 0 fully saturated rings. The summed E-state index contributed by atoms with van der Waals surface area (Å²) in [6.07, 6.45) is 2.88. The van der Waals surface area contributed by atoms with E-state index in [1.807, 2.05) is 25.3 Å². The van der Waals surface area contributed by atoms with Crippen molar-refractivity contribution in [3.05, 3.63) is 24.0 Å². The maximum absolute atomic E-state index is 5.67. The molecule has 0 spiro atoms. The summed E-state index contributed by atoms with van der Waals surface area (Å²) in [5, 5.41) is 3.37. The van der Waals surface area contributed by atoms with Gasteiger partial charge >= 0.3 is 0 Å². The number of pyridine rings is 1. The summed E-state index contributed by atoms with van der Waals surface area (Å²) in [7, 11) is 0. The van der Waals surface area contributed by atoms with Crippen LogP contribution in [-0.4, -0.2) is 17.4 Å². The van der Waals surface area contributed by atoms with Gasteiger partial charge in [-0.1, -0.05) is 6.92 Å². The number of alkyl halides is 1. The van der Waals surface area contributed by atoms with E-state index in [0.29, 0.717) is 5.92 Å². The molecule has 78 valence electrons. The zero-order valence-electron chi connectivity index (χ0n) is 8.76. The van der Waals surface area contributed by atoms with Crippen molar-refractivity contribution in [2.75, 3.05) is 17.7 Å². The van der Waals surface area contributed by atoms with Crippen molar-refractivity contribution in [2.24, 2.45) is 5.92 Å². The highest BCUT2D eigenvalue weighted by Gasteiger charge is 2.00. The number of nitrogens with zero attached hydrogens (tertiary/aromatic N) is 1. The molecule has 0 aromatic carbocycles. The number of rotatable bonds is 5. The molecule has 0 bridgehead atoms. The van der Waals surface area contributed by atoms with Gasteiger partial charge in [0, 0.05) is 30.0 Å². The molecule has 0 radical (unpaired) electrons. The summed E-state index contributed by atoms with van der Waals surface area (Å²) in [5.41, 5.74) is 2.18. The minimum Gasteiger partial charge on any atom is -0.385 e. The molecular formula is C11H17ClN2. The SMILES string of the molecule is Cc1cc(NCC(C)CCCl)ccn1. The Hall–Kier alpha value is -0.760. The van der Waals surface area contributed by atoms with E-state index in [9.17, 15) is 0 Å². The van der Waals surface area contributed by atoms with Gasteiger partial charge in [0.25, 0.3) is 0 Å². The summed E-state index contributed by atoms with van der Waals surface area (Å²) in [6.45, 7) is 5.16. The third-order valence-corrected chi connectivity index (χ3v) is 2.37. The fourth-order valence-electron chi connectivity index (χ4n) is 1.24. The zero-order chi connectivity index (χ0) is 10.4. The molecule has 0 amide bonds. The van der Waals surface area contributed by atoms with Gasteiger partial charge in [-0.15, -0.1) is 11.6 Å². The first kappa shape index (κ1) is 11.3. The van der Waals surface area contributed by atoms with Gasteiger partial charge in [0.15, 0.2) is 0 Å². The number of halogens is 1. The van der Waals surface area contributed by atoms with Crippen molar-refractivity contribution in [3.8, 4) is 0 Å². The van der Waals surface area contributed by atoms with Crippen LogP contribution in [0.3, 0.4) is 0 Å². The molecule has 0 saturated heterocycles. The number of hydrogen-bond donors (Lipinski definition) is 1. The third-order valence-electron chi connectivity index (χ3n) is 2.15. The Kier molecular flexibility index (Phi) is 4.74. The zero-order valence-corrected chi connectivity index (χ0v) is 9.51. The van der Waals surface area contributed by atoms with Crippen LogP contribution in [0, 0.1) is 12.8 Å². The van der Waals surface area contributed by atoms with Crippen molar-refractivity contribution >= 4 is 17.3 Å². The van der Waals surface area contributed by atoms with Gasteiger partial charge in [-0.2, -0.15) is 0 Å². The van der Waals surface area contributed by atoms with Crippen LogP contribution < -0.4 is 5.32 Å². The third kappa shape index (κ3) is 3.97. The van der Waals surface area contributed by atoms with Crippen molar-refractivity contribution in [1.82, 2.24) is 4.98 Å². The largest absolute Gasteiger partial charge is 0.385 e. The van der Waals surface area contributed by atoms with Crippen LogP contribution in [0.2, 0.25) is 0 Å². The molecule has 1 N–H and O–H groups in total. The van der Waals surface area contributed by atoms with Crippen LogP contribution in [0.15, 0.2) is 18.3 Å². The summed E-state index contributed by atoms with van der Waals surface area (Å²) in [5.74, 6) is 1.35. The minimum absolute atomic E-state index is 0.612. The molecule has 1 heterocycles. The number of aryl methyl sites for hydroxylation is 1. The average molecular weight is 213 g/mol. The first-order chi connectivity index (χ1) is 6.72. The van der Waals surface area contributed by atoms with E-state index in [0.717, 1.165) is 30.2 Å². The standard InChI is InChI=1S/C11H17ClN2/c1-9(3-5-12)8-14-11-4-6-13-10(2)7-11/h4,6-7,9H,3,5,8H2,1-2H3,(H,13,14). The van der Waals surface area contributed by atoms with E-state index in [2.05, 4.69) is 17.2 Å². The Morgan fingerprint density at radius 1 is 1.57 bits per heavy atom. The number of nitrogens with one attached hydrogen (secondary N) is 1. The van der Waals surface area contributed by atoms with Crippen LogP contribution >= 0.6 is 11.6 Å². The minimum atomic E-state index is 0.612. The highest BCUT2D eigenvalue weighted by Crippen LogP contribution is 2.09. The second-order valence-corrected chi connectivity index (χ2v) is 4.03. The topological polar surface area (TPSA) is 24.9 Å². The lowest BCUT2D eigenvalue weighted by atomic mass is 10.1. The Morgan fingerprint density at radius 2 is 2.36 bits per heavy atom. The van der Waals surface area contributed by atoms with Crippen LogP contribution in [0.1, 0.15) is 19.0 Å². The normalized spacial score (nSPS) is 12.5. The van der Waals surface area contributed by atoms with E-state index in [-0.39, 0.29) is 0 Å². The van der Waals surface area contributed by atoms with E-state index in [4.69, 9.17) is 11.6 Å². The summed E-state index contributed by atoms with van der Waals surface area (Å²) in [6, 6.07) is 4.04. The molecule has 3 heteroatoms. The van der Waals surface area contributed by atoms with E-state index < -0.39 is 0 Å². The molecule has 14 heavy (non-hydrogen) atoms. The van der Waals surface area contributed by atoms with Crippen molar-refractivity contribution < 1.29 is 0 Å². The molecule has 1 atom stereocenters. The lowest BCUT2D eigenvalue weighted by molar-refractivity contribution is 0.597. The van der Waals surface area contributed by atoms with Crippen molar-refractivity contribution in [3.63, 3.8) is 0 Å². The number of anilines is 1. The molecule has 1 aromatic heterocycles. The second kappa shape index (κ2) is 5.86. The van der Waals surface area contributed by atoms with Crippen LogP contribution in [0.4, 0.5) is 5.69 Å². The highest BCUT2D eigenvalue weighted by atomic mass is 35.5. The van der Waals surface area contributed by atoms with Crippen molar-refractivity contribution in [2.45, 2.75) is 20.3 Å². The van der Waals surface area contributed by atoms with Gasteiger partial charge in [0.05, 0.1) is 0 Å². The first-order valence-corrected chi connectivity index (χ1v) is 5.48. The predicted octanol–water partition coefficient (Wildman–Crippen LogP) is 3.07. The average Bonchev–Trinajstić information content (AvgIpc) is 2.15. The second-order valence-electron chi connectivity index (χ2n) is 3.65. The lowest BCUT2D eigenvalue weighted by Gasteiger charge is -2.12. The quantitative estimate of drug-likeness (QED) is 0.759. The smallest absolute Gasteiger partial charge is 0.0393 e. The van der Waals surface area contributed by atoms with Gasteiger partial charge in [-0.3, -0.25) is 4.98 Å². The van der Waals surface area contributed by atoms with E-state index >= 15 is 0 Å². The fraction of sp³-hybridized carbons (Fsp3) is 0.545. The molecular weight excluding hydrogens is 196 g/mol. The van der Waals surface area contributed by atoms with E-state index in [1.54, 1.807) is 0 Å². The summed E-state index contributed by atoms with van der Waals surface area (Å²) < 4.78 is 0. The fourth-order valence-corrected chi connectivity index (χ4v) is 1.61. The van der Waals surface area contributed by atoms with Gasteiger partial charge in [0.1, 0.15) is 0 Å². The molecule has 0 aliphatic rings. The van der Waals surface area contributed by atoms with Gasteiger partial charge < -0.3 is 5.32 Å². The first-order valence-electron chi connectivity index (χ1n) is 4.95. The molecule has 0 aliphatic carbocycles. The molecule has 0 saturated carbocycles. The van der Waals surface area contributed by atoms with Gasteiger partial charge in [-0.25, -0.2) is 0 Å². The Labute approximate surface area is 90.7 Å². The molecule has 1 rings (SSSR count). The van der Waals surface area contributed by atoms with Crippen molar-refractivity contribution in [1.29, 1.82) is 0 Å². The number of aromatic nitrogens is 1. The summed E-state index contributed by atoms with van der Waals surface area (Å²) >= 11 is 5.67. The molecule has 1 aromatic rings. The Bertz CT molecular complexity index is 276. The Balaban J connectivity index is 2.37. The lowest BCUT2D eigenvalue weighted by Crippen LogP contribution is -2.11. The molecule has 2 nitrogen and oxygen atoms in total. The highest BCUT2D eigenvalue weighted by molar-refractivity contribution is 6.17. The van der Waals surface area contributed by atoms with Gasteiger partial charge in [0.2, 0.25) is 0 Å². The summed E-state index contributed by atoms with van der Waals surface area (Å²) in [4.78, 5) is 4.14. The maximum atomic E-state index is 5.67. The Morgan fingerprint density at radius 3 is 3.00 bits per heavy atom. The molecule has 0 aliphatic heterocycles. The predicted molar refractivity (Wildman–Crippen MR) is 62.0 cm³/mol. The molecule has 1 unspecified atom stereocenters. The number of hydrogen-bond acceptors (Lipinski definition) is 2.